The van der Waals surface area contributed by atoms with Crippen molar-refractivity contribution in [1.29, 1.82) is 0 Å². The average Bonchev–Trinajstić information content (AvgIpc) is 2.94. The third kappa shape index (κ3) is 1.83. The quantitative estimate of drug-likeness (QED) is 0.482. The van der Waals surface area contributed by atoms with Crippen LogP contribution in [0.15, 0.2) is 17.3 Å². The molecule has 0 spiro atoms. The van der Waals surface area contributed by atoms with Crippen molar-refractivity contribution in [3.8, 4) is 0 Å². The smallest absolute Gasteiger partial charge is 0.261 e. The van der Waals surface area contributed by atoms with Crippen molar-refractivity contribution in [3.05, 3.63) is 22.9 Å². The molecule has 1 aliphatic rings. The molecule has 2 aromatic rings. The van der Waals surface area contributed by atoms with Crippen molar-refractivity contribution in [2.24, 2.45) is 0 Å². The molecule has 0 radical (unpaired) electrons. The van der Waals surface area contributed by atoms with Gasteiger partial charge in [-0.15, -0.1) is 5.10 Å². The van der Waals surface area contributed by atoms with Gasteiger partial charge in [0.25, 0.3) is 5.56 Å². The number of nitrogens with zero attached hydrogens (tertiary/aromatic N) is 3. The fourth-order valence-corrected chi connectivity index (χ4v) is 2.10. The second kappa shape index (κ2) is 4.38. The van der Waals surface area contributed by atoms with Crippen molar-refractivity contribution >= 4 is 11.0 Å². The molecule has 4 N–H and O–H groups in total. The van der Waals surface area contributed by atoms with Crippen LogP contribution in [0.4, 0.5) is 0 Å². The molecule has 1 aliphatic heterocycles. The predicted molar refractivity (Wildman–Crippen MR) is 61.2 cm³/mol. The minimum atomic E-state index is -1.24. The maximum absolute atomic E-state index is 11.5. The Hall–Kier alpha value is -1.81. The molecule has 1 saturated heterocycles. The summed E-state index contributed by atoms with van der Waals surface area (Å²) in [7, 11) is 0. The molecule has 0 aromatic carbocycles. The fraction of sp³-hybridized carbons (Fsp3) is 0.500. The Bertz CT molecular complexity index is 653. The van der Waals surface area contributed by atoms with Crippen LogP contribution >= 0.6 is 0 Å². The zero-order valence-electron chi connectivity index (χ0n) is 9.67. The van der Waals surface area contributed by atoms with Crippen LogP contribution in [0.3, 0.4) is 0 Å². The van der Waals surface area contributed by atoms with E-state index in [9.17, 15) is 15.0 Å². The van der Waals surface area contributed by atoms with Gasteiger partial charge >= 0.3 is 0 Å². The second-order valence-electron chi connectivity index (χ2n) is 4.31. The zero-order valence-corrected chi connectivity index (χ0v) is 9.67. The Morgan fingerprint density at radius 3 is 2.84 bits per heavy atom. The molecule has 3 heterocycles. The van der Waals surface area contributed by atoms with Gasteiger partial charge < -0.3 is 25.0 Å². The van der Waals surface area contributed by atoms with Crippen molar-refractivity contribution < 1.29 is 20.1 Å². The van der Waals surface area contributed by atoms with E-state index in [1.54, 1.807) is 0 Å². The van der Waals surface area contributed by atoms with Gasteiger partial charge in [-0.05, 0) is 0 Å². The zero-order chi connectivity index (χ0) is 13.6. The molecular formula is C10H12N4O5. The monoisotopic (exact) mass is 268 g/mol. The summed E-state index contributed by atoms with van der Waals surface area (Å²) in [6, 6.07) is 0. The van der Waals surface area contributed by atoms with Crippen molar-refractivity contribution in [3.63, 3.8) is 0 Å². The van der Waals surface area contributed by atoms with Gasteiger partial charge in [0.05, 0.1) is 12.9 Å². The van der Waals surface area contributed by atoms with Crippen LogP contribution in [-0.4, -0.2) is 60.0 Å². The van der Waals surface area contributed by atoms with Gasteiger partial charge in [-0.25, -0.2) is 9.67 Å². The fourth-order valence-electron chi connectivity index (χ4n) is 2.10. The lowest BCUT2D eigenvalue weighted by Crippen LogP contribution is -2.33. The third-order valence-electron chi connectivity index (χ3n) is 3.12. The molecule has 9 heteroatoms. The van der Waals surface area contributed by atoms with E-state index in [0.29, 0.717) is 0 Å². The maximum Gasteiger partial charge on any atom is 0.261 e. The summed E-state index contributed by atoms with van der Waals surface area (Å²) >= 11 is 0. The molecule has 102 valence electrons. The molecule has 19 heavy (non-hydrogen) atoms. The van der Waals surface area contributed by atoms with Crippen LogP contribution in [0.2, 0.25) is 0 Å². The van der Waals surface area contributed by atoms with Gasteiger partial charge in [0.2, 0.25) is 0 Å². The number of aromatic nitrogens is 4. The minimum Gasteiger partial charge on any atom is -0.394 e. The summed E-state index contributed by atoms with van der Waals surface area (Å²) in [4.78, 5) is 17.8. The van der Waals surface area contributed by atoms with E-state index in [-0.39, 0.29) is 16.6 Å². The van der Waals surface area contributed by atoms with Gasteiger partial charge in [0.15, 0.2) is 11.9 Å². The van der Waals surface area contributed by atoms with E-state index < -0.39 is 31.1 Å². The molecule has 2 aromatic heterocycles. The van der Waals surface area contributed by atoms with Crippen LogP contribution in [0.1, 0.15) is 6.23 Å². The van der Waals surface area contributed by atoms with Crippen LogP contribution in [0.25, 0.3) is 11.0 Å². The number of hydrogen-bond acceptors (Lipinski definition) is 7. The summed E-state index contributed by atoms with van der Waals surface area (Å²) in [6.45, 7) is -0.422. The minimum absolute atomic E-state index is 0.210. The van der Waals surface area contributed by atoms with Crippen LogP contribution in [0, 0.1) is 0 Å². The number of ether oxygens (including phenoxy) is 1. The molecule has 0 unspecified atom stereocenters. The lowest BCUT2D eigenvalue weighted by atomic mass is 10.1. The first-order valence-corrected chi connectivity index (χ1v) is 5.67. The highest BCUT2D eigenvalue weighted by atomic mass is 16.6. The Labute approximate surface area is 106 Å². The molecule has 0 bridgehead atoms. The molecule has 0 amide bonds. The highest BCUT2D eigenvalue weighted by Gasteiger charge is 2.43. The summed E-state index contributed by atoms with van der Waals surface area (Å²) in [5, 5.41) is 32.8. The summed E-state index contributed by atoms with van der Waals surface area (Å²) in [6.07, 6.45) is -1.72. The van der Waals surface area contributed by atoms with E-state index in [1.807, 2.05) is 0 Å². The van der Waals surface area contributed by atoms with E-state index >= 15 is 0 Å². The van der Waals surface area contributed by atoms with Crippen molar-refractivity contribution in [1.82, 2.24) is 19.7 Å². The van der Waals surface area contributed by atoms with Crippen LogP contribution in [-0.2, 0) is 4.74 Å². The van der Waals surface area contributed by atoms with E-state index in [0.717, 1.165) is 0 Å². The van der Waals surface area contributed by atoms with Gasteiger partial charge in [0.1, 0.15) is 23.7 Å². The number of hydrogen-bond donors (Lipinski definition) is 4. The Kier molecular flexibility index (Phi) is 2.82. The summed E-state index contributed by atoms with van der Waals surface area (Å²) in [5.74, 6) is 0. The lowest BCUT2D eigenvalue weighted by Gasteiger charge is -2.14. The first-order chi connectivity index (χ1) is 9.11. The highest BCUT2D eigenvalue weighted by Crippen LogP contribution is 2.29. The topological polar surface area (TPSA) is 133 Å². The summed E-state index contributed by atoms with van der Waals surface area (Å²) in [5.41, 5.74) is -0.149. The molecule has 0 aliphatic carbocycles. The Morgan fingerprint density at radius 2 is 2.21 bits per heavy atom. The standard InChI is InChI=1S/C10H12N4O5/c15-2-5-6(16)7(17)10(19-5)14-1-4-8(13-14)11-3-12-9(4)18/h1,3,5-7,10,15-17H,2H2,(H,11,12,13,18)/t5-,6-,7-,10-/m1/s1. The molecule has 1 fully saturated rings. The number of fused-ring (bicyclic) bond motifs is 1. The number of aliphatic hydroxyl groups excluding tert-OH is 3. The van der Waals surface area contributed by atoms with Crippen LogP contribution in [0.5, 0.6) is 0 Å². The highest BCUT2D eigenvalue weighted by molar-refractivity contribution is 5.72. The third-order valence-corrected chi connectivity index (χ3v) is 3.12. The number of rotatable bonds is 2. The Morgan fingerprint density at radius 1 is 1.42 bits per heavy atom. The number of nitrogens with one attached hydrogen (secondary N) is 1. The van der Waals surface area contributed by atoms with Gasteiger partial charge in [-0.3, -0.25) is 4.79 Å². The van der Waals surface area contributed by atoms with Gasteiger partial charge in [-0.1, -0.05) is 0 Å². The largest absolute Gasteiger partial charge is 0.394 e. The molecular weight excluding hydrogens is 256 g/mol. The molecule has 4 atom stereocenters. The van der Waals surface area contributed by atoms with Crippen LogP contribution < -0.4 is 5.56 Å². The average molecular weight is 268 g/mol. The lowest BCUT2D eigenvalue weighted by molar-refractivity contribution is -0.0583. The molecule has 3 rings (SSSR count). The normalized spacial score (nSPS) is 31.1. The molecule has 9 nitrogen and oxygen atoms in total. The second-order valence-corrected chi connectivity index (χ2v) is 4.31. The number of H-pyrrole nitrogens is 1. The van der Waals surface area contributed by atoms with E-state index in [1.165, 1.54) is 17.2 Å². The first-order valence-electron chi connectivity index (χ1n) is 5.67. The van der Waals surface area contributed by atoms with Crippen molar-refractivity contribution in [2.45, 2.75) is 24.5 Å². The number of aliphatic hydroxyl groups is 3. The maximum atomic E-state index is 11.5. The molecule has 0 saturated carbocycles. The first kappa shape index (κ1) is 12.2. The van der Waals surface area contributed by atoms with Gasteiger partial charge in [-0.2, -0.15) is 0 Å². The van der Waals surface area contributed by atoms with Gasteiger partial charge in [0, 0.05) is 6.20 Å². The predicted octanol–water partition coefficient (Wildman–Crippen LogP) is -2.27. The van der Waals surface area contributed by atoms with E-state index in [4.69, 9.17) is 9.84 Å². The van der Waals surface area contributed by atoms with E-state index in [2.05, 4.69) is 15.1 Å². The SMILES string of the molecule is O=c1[nH]cnc2nn([C@@H]3O[C@H](CO)[C@@H](O)[C@H]3O)cc12. The van der Waals surface area contributed by atoms with Crippen molar-refractivity contribution in [2.75, 3.05) is 6.61 Å². The number of aromatic amines is 1. The summed E-state index contributed by atoms with van der Waals surface area (Å²) < 4.78 is 6.52. The Balaban J connectivity index is 2.01.